The fraction of sp³-hybridized carbons (Fsp3) is 0.909. The summed E-state index contributed by atoms with van der Waals surface area (Å²) in [4.78, 5) is 11.2. The van der Waals surface area contributed by atoms with Gasteiger partial charge >= 0.3 is 5.97 Å². The highest BCUT2D eigenvalue weighted by Gasteiger charge is 2.24. The molecule has 16 heavy (non-hydrogen) atoms. The molecule has 96 valence electrons. The molecule has 0 aromatic carbocycles. The Morgan fingerprint density at radius 3 is 2.38 bits per heavy atom. The van der Waals surface area contributed by atoms with Crippen molar-refractivity contribution in [2.75, 3.05) is 19.8 Å². The van der Waals surface area contributed by atoms with Crippen molar-refractivity contribution in [2.24, 2.45) is 5.41 Å². The Labute approximate surface area is 96.0 Å². The maximum Gasteiger partial charge on any atom is 0.305 e. The fourth-order valence-electron chi connectivity index (χ4n) is 0.957. The van der Waals surface area contributed by atoms with Gasteiger partial charge in [0.15, 0.2) is 0 Å². The van der Waals surface area contributed by atoms with Gasteiger partial charge in [-0.15, -0.1) is 0 Å². The first kappa shape index (κ1) is 15.3. The molecule has 3 N–H and O–H groups in total. The van der Waals surface area contributed by atoms with Gasteiger partial charge in [-0.1, -0.05) is 13.8 Å². The number of hydrogen-bond acceptors (Lipinski definition) is 5. The first-order valence-electron chi connectivity index (χ1n) is 5.53. The molecule has 0 fully saturated rings. The van der Waals surface area contributed by atoms with E-state index in [2.05, 4.69) is 0 Å². The van der Waals surface area contributed by atoms with E-state index in [4.69, 9.17) is 14.9 Å². The van der Waals surface area contributed by atoms with E-state index in [-0.39, 0.29) is 26.2 Å². The molecule has 0 aromatic rings. The van der Waals surface area contributed by atoms with Crippen molar-refractivity contribution in [2.45, 2.75) is 39.2 Å². The Hall–Kier alpha value is -0.650. The van der Waals surface area contributed by atoms with Gasteiger partial charge in [0.1, 0.15) is 6.61 Å². The largest absolute Gasteiger partial charge is 0.465 e. The highest BCUT2D eigenvalue weighted by Crippen LogP contribution is 2.15. The van der Waals surface area contributed by atoms with Gasteiger partial charge in [0, 0.05) is 11.8 Å². The zero-order valence-electron chi connectivity index (χ0n) is 9.98. The third kappa shape index (κ3) is 6.05. The van der Waals surface area contributed by atoms with Gasteiger partial charge in [0.25, 0.3) is 0 Å². The third-order valence-corrected chi connectivity index (χ3v) is 2.50. The molecule has 0 saturated carbocycles. The van der Waals surface area contributed by atoms with Gasteiger partial charge in [-0.2, -0.15) is 0 Å². The Kier molecular flexibility index (Phi) is 7.29. The lowest BCUT2D eigenvalue weighted by Gasteiger charge is -2.23. The molecule has 0 spiro atoms. The summed E-state index contributed by atoms with van der Waals surface area (Å²) in [7, 11) is 0. The molecule has 0 radical (unpaired) electrons. The molecule has 0 saturated heterocycles. The number of aliphatic hydroxyl groups is 3. The van der Waals surface area contributed by atoms with Crippen LogP contribution in [-0.2, 0) is 9.53 Å². The monoisotopic (exact) mass is 234 g/mol. The van der Waals surface area contributed by atoms with Gasteiger partial charge in [0.05, 0.1) is 19.3 Å². The van der Waals surface area contributed by atoms with Crippen molar-refractivity contribution in [3.8, 4) is 0 Å². The minimum absolute atomic E-state index is 0.0128. The fourth-order valence-corrected chi connectivity index (χ4v) is 0.957. The number of carbonyl (C=O) groups excluding carboxylic acids is 1. The number of hydrogen-bond donors (Lipinski definition) is 3. The highest BCUT2D eigenvalue weighted by molar-refractivity contribution is 5.69. The van der Waals surface area contributed by atoms with Crippen LogP contribution < -0.4 is 0 Å². The second kappa shape index (κ2) is 7.60. The average Bonchev–Trinajstić information content (AvgIpc) is 2.32. The summed E-state index contributed by atoms with van der Waals surface area (Å²) in [6, 6.07) is 0. The molecule has 0 aromatic heterocycles. The Bertz CT molecular complexity index is 201. The second-order valence-electron chi connectivity index (χ2n) is 4.39. The van der Waals surface area contributed by atoms with Crippen LogP contribution in [0.15, 0.2) is 0 Å². The lowest BCUT2D eigenvalue weighted by Crippen LogP contribution is -2.32. The van der Waals surface area contributed by atoms with E-state index in [0.717, 1.165) is 0 Å². The number of rotatable bonds is 8. The number of esters is 1. The molecule has 0 bridgehead atoms. The summed E-state index contributed by atoms with van der Waals surface area (Å²) in [5.74, 6) is -0.416. The van der Waals surface area contributed by atoms with Crippen molar-refractivity contribution in [1.82, 2.24) is 0 Å². The third-order valence-electron chi connectivity index (χ3n) is 2.50. The van der Waals surface area contributed by atoms with Crippen LogP contribution in [0.5, 0.6) is 0 Å². The molecule has 5 heteroatoms. The Morgan fingerprint density at radius 1 is 1.38 bits per heavy atom. The predicted molar refractivity (Wildman–Crippen MR) is 58.8 cm³/mol. The van der Waals surface area contributed by atoms with Crippen molar-refractivity contribution in [3.63, 3.8) is 0 Å². The first-order valence-corrected chi connectivity index (χ1v) is 5.53. The van der Waals surface area contributed by atoms with E-state index in [0.29, 0.717) is 12.8 Å². The molecule has 0 heterocycles. The van der Waals surface area contributed by atoms with Gasteiger partial charge in [-0.05, 0) is 12.8 Å². The van der Waals surface area contributed by atoms with Crippen molar-refractivity contribution in [1.29, 1.82) is 0 Å². The Morgan fingerprint density at radius 2 is 1.94 bits per heavy atom. The first-order chi connectivity index (χ1) is 7.47. The van der Waals surface area contributed by atoms with Crippen LogP contribution in [0.25, 0.3) is 0 Å². The van der Waals surface area contributed by atoms with E-state index in [1.807, 2.05) is 6.92 Å². The standard InChI is InChI=1S/C11H22O5/c1-3-9(14)4-5-10(15)16-8-11(2,6-12)7-13/h9,12-14H,3-8H2,1-2H3. The van der Waals surface area contributed by atoms with Crippen LogP contribution >= 0.6 is 0 Å². The average molecular weight is 234 g/mol. The molecular formula is C11H22O5. The second-order valence-corrected chi connectivity index (χ2v) is 4.39. The molecule has 0 aliphatic heterocycles. The van der Waals surface area contributed by atoms with Crippen LogP contribution in [0.2, 0.25) is 0 Å². The highest BCUT2D eigenvalue weighted by atomic mass is 16.5. The molecular weight excluding hydrogens is 212 g/mol. The van der Waals surface area contributed by atoms with Crippen LogP contribution in [-0.4, -0.2) is 47.2 Å². The topological polar surface area (TPSA) is 87.0 Å². The maximum absolute atomic E-state index is 11.2. The van der Waals surface area contributed by atoms with Crippen LogP contribution in [0.4, 0.5) is 0 Å². The van der Waals surface area contributed by atoms with Crippen molar-refractivity contribution in [3.05, 3.63) is 0 Å². The molecule has 0 amide bonds. The van der Waals surface area contributed by atoms with Gasteiger partial charge in [0.2, 0.25) is 0 Å². The number of ether oxygens (including phenoxy) is 1. The summed E-state index contributed by atoms with van der Waals surface area (Å²) >= 11 is 0. The molecule has 1 atom stereocenters. The number of carbonyl (C=O) groups is 1. The number of aliphatic hydroxyl groups excluding tert-OH is 3. The van der Waals surface area contributed by atoms with Crippen LogP contribution in [0, 0.1) is 5.41 Å². The van der Waals surface area contributed by atoms with E-state index >= 15 is 0 Å². The van der Waals surface area contributed by atoms with Crippen LogP contribution in [0.1, 0.15) is 33.1 Å². The summed E-state index contributed by atoms with van der Waals surface area (Å²) < 4.78 is 4.91. The summed E-state index contributed by atoms with van der Waals surface area (Å²) in [6.07, 6.45) is 0.666. The summed E-state index contributed by atoms with van der Waals surface area (Å²) in [5, 5.41) is 27.2. The van der Waals surface area contributed by atoms with Gasteiger partial charge in [-0.25, -0.2) is 0 Å². The molecule has 1 unspecified atom stereocenters. The lowest BCUT2D eigenvalue weighted by molar-refractivity contribution is -0.149. The molecule has 0 aliphatic rings. The minimum Gasteiger partial charge on any atom is -0.465 e. The normalized spacial score (nSPS) is 13.6. The van der Waals surface area contributed by atoms with Crippen molar-refractivity contribution >= 4 is 5.97 Å². The van der Waals surface area contributed by atoms with Gasteiger partial charge < -0.3 is 20.1 Å². The lowest BCUT2D eigenvalue weighted by atomic mass is 9.94. The van der Waals surface area contributed by atoms with E-state index in [9.17, 15) is 9.90 Å². The van der Waals surface area contributed by atoms with E-state index in [1.165, 1.54) is 0 Å². The zero-order valence-corrected chi connectivity index (χ0v) is 9.98. The van der Waals surface area contributed by atoms with E-state index in [1.54, 1.807) is 6.92 Å². The molecule has 5 nitrogen and oxygen atoms in total. The van der Waals surface area contributed by atoms with E-state index < -0.39 is 17.5 Å². The van der Waals surface area contributed by atoms with Crippen molar-refractivity contribution < 1.29 is 24.9 Å². The Balaban J connectivity index is 3.80. The SMILES string of the molecule is CCC(O)CCC(=O)OCC(C)(CO)CO. The summed E-state index contributed by atoms with van der Waals surface area (Å²) in [5.41, 5.74) is -0.793. The molecule has 0 aliphatic carbocycles. The quantitative estimate of drug-likeness (QED) is 0.517. The zero-order chi connectivity index (χ0) is 12.6. The molecule has 0 rings (SSSR count). The van der Waals surface area contributed by atoms with Crippen LogP contribution in [0.3, 0.4) is 0 Å². The maximum atomic E-state index is 11.2. The predicted octanol–water partition coefficient (Wildman–Crippen LogP) is 0.0716. The van der Waals surface area contributed by atoms with Gasteiger partial charge in [-0.3, -0.25) is 4.79 Å². The summed E-state index contributed by atoms with van der Waals surface area (Å²) in [6.45, 7) is 2.97. The minimum atomic E-state index is -0.793. The smallest absolute Gasteiger partial charge is 0.305 e.